The van der Waals surface area contributed by atoms with Crippen molar-refractivity contribution in [3.63, 3.8) is 0 Å². The molecule has 2 rings (SSSR count). The van der Waals surface area contributed by atoms with Crippen LogP contribution in [-0.2, 0) is 6.42 Å². The van der Waals surface area contributed by atoms with Gasteiger partial charge in [-0.05, 0) is 68.3 Å². The summed E-state index contributed by atoms with van der Waals surface area (Å²) in [5.41, 5.74) is 11.3. The van der Waals surface area contributed by atoms with Gasteiger partial charge in [0.05, 0.1) is 6.61 Å². The van der Waals surface area contributed by atoms with Crippen LogP contribution in [-0.4, -0.2) is 13.2 Å². The van der Waals surface area contributed by atoms with E-state index in [0.29, 0.717) is 12.5 Å². The maximum absolute atomic E-state index is 6.02. The van der Waals surface area contributed by atoms with Gasteiger partial charge in [-0.15, -0.1) is 0 Å². The molecule has 0 aromatic heterocycles. The molecule has 0 aliphatic heterocycles. The lowest BCUT2D eigenvalue weighted by atomic mass is 9.90. The monoisotopic (exact) mass is 311 g/mol. The zero-order valence-electron chi connectivity index (χ0n) is 14.6. The number of para-hydroxylation sites is 1. The van der Waals surface area contributed by atoms with Gasteiger partial charge in [0.1, 0.15) is 5.75 Å². The molecule has 0 bridgehead atoms. The van der Waals surface area contributed by atoms with Crippen LogP contribution in [0.25, 0.3) is 0 Å². The van der Waals surface area contributed by atoms with Crippen molar-refractivity contribution in [3.8, 4) is 5.75 Å². The van der Waals surface area contributed by atoms with Gasteiger partial charge >= 0.3 is 0 Å². The fraction of sp³-hybridized carbons (Fsp3) is 0.429. The highest BCUT2D eigenvalue weighted by molar-refractivity contribution is 5.34. The Hall–Kier alpha value is -1.80. The highest BCUT2D eigenvalue weighted by atomic mass is 16.5. The van der Waals surface area contributed by atoms with E-state index in [1.807, 2.05) is 6.07 Å². The van der Waals surface area contributed by atoms with Gasteiger partial charge < -0.3 is 10.5 Å². The van der Waals surface area contributed by atoms with Crippen molar-refractivity contribution in [2.75, 3.05) is 13.2 Å². The summed E-state index contributed by atoms with van der Waals surface area (Å²) in [5, 5.41) is 0. The molecule has 0 heterocycles. The van der Waals surface area contributed by atoms with E-state index in [-0.39, 0.29) is 0 Å². The van der Waals surface area contributed by atoms with Crippen LogP contribution in [0.5, 0.6) is 5.75 Å². The van der Waals surface area contributed by atoms with Crippen LogP contribution in [0.3, 0.4) is 0 Å². The van der Waals surface area contributed by atoms with Crippen LogP contribution in [0, 0.1) is 13.8 Å². The molecule has 2 nitrogen and oxygen atoms in total. The Balaban J connectivity index is 1.90. The van der Waals surface area contributed by atoms with Crippen LogP contribution in [0.4, 0.5) is 0 Å². The quantitative estimate of drug-likeness (QED) is 0.713. The molecule has 0 saturated carbocycles. The minimum atomic E-state index is 0.417. The molecule has 0 aliphatic rings. The van der Waals surface area contributed by atoms with E-state index in [1.54, 1.807) is 0 Å². The maximum atomic E-state index is 6.02. The van der Waals surface area contributed by atoms with Crippen molar-refractivity contribution in [2.45, 2.75) is 46.0 Å². The molecular weight excluding hydrogens is 282 g/mol. The Kier molecular flexibility index (Phi) is 6.66. The summed E-state index contributed by atoms with van der Waals surface area (Å²) < 4.78 is 5.97. The average Bonchev–Trinajstić information content (AvgIpc) is 2.58. The van der Waals surface area contributed by atoms with Crippen LogP contribution < -0.4 is 10.5 Å². The van der Waals surface area contributed by atoms with E-state index in [9.17, 15) is 0 Å². The molecule has 0 aliphatic carbocycles. The first-order chi connectivity index (χ1) is 11.2. The Morgan fingerprint density at radius 3 is 2.61 bits per heavy atom. The number of benzene rings is 2. The molecule has 0 amide bonds. The molecule has 0 spiro atoms. The predicted octanol–water partition coefficient (Wildman–Crippen LogP) is 4.77. The molecule has 2 aromatic carbocycles. The summed E-state index contributed by atoms with van der Waals surface area (Å²) in [6.45, 7) is 7.91. The lowest BCUT2D eigenvalue weighted by Crippen LogP contribution is -2.15. The topological polar surface area (TPSA) is 35.2 Å². The van der Waals surface area contributed by atoms with Gasteiger partial charge in [0, 0.05) is 0 Å². The van der Waals surface area contributed by atoms with E-state index in [0.717, 1.165) is 31.6 Å². The molecule has 2 aromatic rings. The Labute approximate surface area is 140 Å². The number of rotatable bonds is 8. The lowest BCUT2D eigenvalue weighted by molar-refractivity contribution is 0.299. The Morgan fingerprint density at radius 1 is 1.09 bits per heavy atom. The molecule has 2 heteroatoms. The second-order valence-electron chi connectivity index (χ2n) is 6.24. The highest BCUT2D eigenvalue weighted by Crippen LogP contribution is 2.25. The number of hydrogen-bond donors (Lipinski definition) is 1. The third-order valence-electron chi connectivity index (χ3n) is 4.47. The molecule has 1 unspecified atom stereocenters. The summed E-state index contributed by atoms with van der Waals surface area (Å²) in [6.07, 6.45) is 3.09. The fourth-order valence-corrected chi connectivity index (χ4v) is 3.05. The van der Waals surface area contributed by atoms with Crippen molar-refractivity contribution in [3.05, 3.63) is 64.7 Å². The Bertz CT molecular complexity index is 621. The van der Waals surface area contributed by atoms with Crippen LogP contribution >= 0.6 is 0 Å². The summed E-state index contributed by atoms with van der Waals surface area (Å²) in [4.78, 5) is 0. The first kappa shape index (κ1) is 17.6. The third-order valence-corrected chi connectivity index (χ3v) is 4.47. The standard InChI is InChI=1S/C21H29NO/c1-4-18-8-5-6-10-21(18)23-13-7-9-19(15-22)20-14-16(2)11-12-17(20)3/h5-6,8,10-12,14,19H,4,7,9,13,15,22H2,1-3H3. The van der Waals surface area contributed by atoms with Crippen LogP contribution in [0.15, 0.2) is 42.5 Å². The van der Waals surface area contributed by atoms with E-state index in [1.165, 1.54) is 22.3 Å². The van der Waals surface area contributed by atoms with Gasteiger partial charge in [-0.1, -0.05) is 48.9 Å². The SMILES string of the molecule is CCc1ccccc1OCCCC(CN)c1cc(C)ccc1C. The van der Waals surface area contributed by atoms with Crippen molar-refractivity contribution in [2.24, 2.45) is 5.73 Å². The van der Waals surface area contributed by atoms with Crippen LogP contribution in [0.2, 0.25) is 0 Å². The van der Waals surface area contributed by atoms with E-state index >= 15 is 0 Å². The smallest absolute Gasteiger partial charge is 0.122 e. The summed E-state index contributed by atoms with van der Waals surface area (Å²) in [6, 6.07) is 14.9. The number of hydrogen-bond acceptors (Lipinski definition) is 2. The third kappa shape index (κ3) is 4.84. The van der Waals surface area contributed by atoms with Crippen molar-refractivity contribution in [1.29, 1.82) is 0 Å². The normalized spacial score (nSPS) is 12.2. The van der Waals surface area contributed by atoms with Crippen molar-refractivity contribution < 1.29 is 4.74 Å². The first-order valence-electron chi connectivity index (χ1n) is 8.63. The van der Waals surface area contributed by atoms with Gasteiger partial charge in [0.25, 0.3) is 0 Å². The van der Waals surface area contributed by atoms with Gasteiger partial charge in [-0.2, -0.15) is 0 Å². The number of ether oxygens (including phenoxy) is 1. The maximum Gasteiger partial charge on any atom is 0.122 e. The minimum absolute atomic E-state index is 0.417. The Morgan fingerprint density at radius 2 is 1.87 bits per heavy atom. The molecule has 2 N–H and O–H groups in total. The highest BCUT2D eigenvalue weighted by Gasteiger charge is 2.12. The van der Waals surface area contributed by atoms with Crippen LogP contribution in [0.1, 0.15) is 47.9 Å². The summed E-state index contributed by atoms with van der Waals surface area (Å²) in [5.74, 6) is 1.44. The minimum Gasteiger partial charge on any atom is -0.493 e. The summed E-state index contributed by atoms with van der Waals surface area (Å²) >= 11 is 0. The lowest BCUT2D eigenvalue weighted by Gasteiger charge is -2.19. The molecule has 0 radical (unpaired) electrons. The zero-order chi connectivity index (χ0) is 16.7. The van der Waals surface area contributed by atoms with Gasteiger partial charge in [0.2, 0.25) is 0 Å². The van der Waals surface area contributed by atoms with Crippen molar-refractivity contribution in [1.82, 2.24) is 0 Å². The number of nitrogens with two attached hydrogens (primary N) is 1. The average molecular weight is 311 g/mol. The molecular formula is C21H29NO. The number of aryl methyl sites for hydroxylation is 3. The fourth-order valence-electron chi connectivity index (χ4n) is 3.05. The second kappa shape index (κ2) is 8.73. The van der Waals surface area contributed by atoms with E-state index < -0.39 is 0 Å². The largest absolute Gasteiger partial charge is 0.493 e. The molecule has 1 atom stereocenters. The van der Waals surface area contributed by atoms with E-state index in [4.69, 9.17) is 10.5 Å². The molecule has 23 heavy (non-hydrogen) atoms. The van der Waals surface area contributed by atoms with Gasteiger partial charge in [0.15, 0.2) is 0 Å². The molecule has 0 fully saturated rings. The molecule has 124 valence electrons. The molecule has 0 saturated heterocycles. The first-order valence-corrected chi connectivity index (χ1v) is 8.63. The predicted molar refractivity (Wildman–Crippen MR) is 98.3 cm³/mol. The van der Waals surface area contributed by atoms with E-state index in [2.05, 4.69) is 57.2 Å². The zero-order valence-corrected chi connectivity index (χ0v) is 14.6. The summed E-state index contributed by atoms with van der Waals surface area (Å²) in [7, 11) is 0. The van der Waals surface area contributed by atoms with Gasteiger partial charge in [-0.25, -0.2) is 0 Å². The van der Waals surface area contributed by atoms with Gasteiger partial charge in [-0.3, -0.25) is 0 Å². The van der Waals surface area contributed by atoms with Crippen molar-refractivity contribution >= 4 is 0 Å². The second-order valence-corrected chi connectivity index (χ2v) is 6.24.